The van der Waals surface area contributed by atoms with Gasteiger partial charge in [-0.2, -0.15) is 0 Å². The summed E-state index contributed by atoms with van der Waals surface area (Å²) in [6.45, 7) is 0.402. The summed E-state index contributed by atoms with van der Waals surface area (Å²) >= 11 is 0. The Labute approximate surface area is 125 Å². The van der Waals surface area contributed by atoms with Crippen molar-refractivity contribution in [1.29, 1.82) is 0 Å². The summed E-state index contributed by atoms with van der Waals surface area (Å²) in [6.07, 6.45) is 1.85. The first kappa shape index (κ1) is 12.6. The monoisotopic (exact) mass is 291 g/mol. The van der Waals surface area contributed by atoms with Crippen molar-refractivity contribution in [2.24, 2.45) is 0 Å². The normalized spacial score (nSPS) is 11.1. The molecule has 3 aromatic heterocycles. The van der Waals surface area contributed by atoms with E-state index in [1.807, 2.05) is 42.6 Å². The minimum Gasteiger partial charge on any atom is -0.363 e. The number of para-hydroxylation sites is 1. The average molecular weight is 291 g/mol. The smallest absolute Gasteiger partial charge is 0.258 e. The molecular formula is C16H13N5O. The highest BCUT2D eigenvalue weighted by Gasteiger charge is 2.04. The molecule has 1 aromatic carbocycles. The Morgan fingerprint density at radius 2 is 1.95 bits per heavy atom. The van der Waals surface area contributed by atoms with Gasteiger partial charge in [0.2, 0.25) is 0 Å². The van der Waals surface area contributed by atoms with Crippen molar-refractivity contribution in [2.45, 2.75) is 6.54 Å². The minimum absolute atomic E-state index is 0.129. The number of aromatic nitrogens is 4. The third kappa shape index (κ3) is 2.20. The van der Waals surface area contributed by atoms with E-state index in [2.05, 4.69) is 25.3 Å². The lowest BCUT2D eigenvalue weighted by molar-refractivity contribution is 0.947. The summed E-state index contributed by atoms with van der Waals surface area (Å²) < 4.78 is 0. The summed E-state index contributed by atoms with van der Waals surface area (Å²) in [6, 6.07) is 13.1. The van der Waals surface area contributed by atoms with Gasteiger partial charge in [0, 0.05) is 11.6 Å². The van der Waals surface area contributed by atoms with E-state index in [1.54, 1.807) is 6.07 Å². The van der Waals surface area contributed by atoms with E-state index in [-0.39, 0.29) is 5.56 Å². The van der Waals surface area contributed by atoms with Gasteiger partial charge < -0.3 is 15.3 Å². The Kier molecular flexibility index (Phi) is 2.86. The first-order chi connectivity index (χ1) is 10.8. The van der Waals surface area contributed by atoms with Gasteiger partial charge in [-0.05, 0) is 30.3 Å². The Bertz CT molecular complexity index is 1020. The fraction of sp³-hybridized carbons (Fsp3) is 0.0625. The zero-order valence-electron chi connectivity index (χ0n) is 11.6. The number of benzene rings is 1. The van der Waals surface area contributed by atoms with E-state index in [9.17, 15) is 4.79 Å². The van der Waals surface area contributed by atoms with E-state index in [0.717, 1.165) is 16.9 Å². The maximum atomic E-state index is 12.0. The number of anilines is 1. The molecule has 0 atom stereocenters. The van der Waals surface area contributed by atoms with Crippen LogP contribution in [0.4, 0.5) is 5.82 Å². The van der Waals surface area contributed by atoms with Crippen LogP contribution in [0.2, 0.25) is 0 Å². The predicted octanol–water partition coefficient (Wildman–Crippen LogP) is 2.41. The van der Waals surface area contributed by atoms with Gasteiger partial charge in [-0.25, -0.2) is 9.97 Å². The SMILES string of the molecule is O=c1[nH]c(CNc2ccc3cc[nH]c3n2)nc2ccccc12. The van der Waals surface area contributed by atoms with Crippen LogP contribution in [0.25, 0.3) is 21.9 Å². The van der Waals surface area contributed by atoms with Gasteiger partial charge in [0.25, 0.3) is 5.56 Å². The molecule has 3 heterocycles. The molecule has 6 heteroatoms. The maximum Gasteiger partial charge on any atom is 0.258 e. The molecule has 0 saturated heterocycles. The van der Waals surface area contributed by atoms with Gasteiger partial charge >= 0.3 is 0 Å². The molecule has 6 nitrogen and oxygen atoms in total. The molecule has 4 aromatic rings. The van der Waals surface area contributed by atoms with Crippen LogP contribution in [0, 0.1) is 0 Å². The second-order valence-electron chi connectivity index (χ2n) is 5.00. The van der Waals surface area contributed by atoms with Crippen molar-refractivity contribution in [3.63, 3.8) is 0 Å². The number of nitrogens with one attached hydrogen (secondary N) is 3. The fourth-order valence-corrected chi connectivity index (χ4v) is 2.42. The van der Waals surface area contributed by atoms with Crippen molar-refractivity contribution >= 4 is 27.8 Å². The van der Waals surface area contributed by atoms with Crippen LogP contribution in [0.5, 0.6) is 0 Å². The number of fused-ring (bicyclic) bond motifs is 2. The van der Waals surface area contributed by atoms with Crippen LogP contribution in [-0.4, -0.2) is 19.9 Å². The van der Waals surface area contributed by atoms with Gasteiger partial charge in [-0.3, -0.25) is 4.79 Å². The molecule has 22 heavy (non-hydrogen) atoms. The molecule has 3 N–H and O–H groups in total. The van der Waals surface area contributed by atoms with E-state index < -0.39 is 0 Å². The summed E-state index contributed by atoms with van der Waals surface area (Å²) in [5.74, 6) is 1.31. The molecule has 4 rings (SSSR count). The van der Waals surface area contributed by atoms with Crippen LogP contribution in [0.1, 0.15) is 5.82 Å². The molecule has 0 amide bonds. The standard InChI is InChI=1S/C16H13N5O/c22-16-11-3-1-2-4-12(11)19-14(21-16)9-18-13-6-5-10-7-8-17-15(10)20-13/h1-8H,9H2,(H2,17,18,20)(H,19,21,22). The van der Waals surface area contributed by atoms with E-state index >= 15 is 0 Å². The van der Waals surface area contributed by atoms with Crippen LogP contribution < -0.4 is 10.9 Å². The molecule has 0 bridgehead atoms. The second kappa shape index (κ2) is 5.00. The summed E-state index contributed by atoms with van der Waals surface area (Å²) in [5, 5.41) is 4.82. The summed E-state index contributed by atoms with van der Waals surface area (Å²) in [5.41, 5.74) is 1.39. The molecule has 0 spiro atoms. The number of rotatable bonds is 3. The Balaban J connectivity index is 1.62. The van der Waals surface area contributed by atoms with Crippen molar-refractivity contribution in [3.8, 4) is 0 Å². The zero-order valence-corrected chi connectivity index (χ0v) is 11.6. The highest BCUT2D eigenvalue weighted by Crippen LogP contribution is 2.13. The molecule has 0 fully saturated rings. The van der Waals surface area contributed by atoms with Gasteiger partial charge in [-0.1, -0.05) is 12.1 Å². The largest absolute Gasteiger partial charge is 0.363 e. The third-order valence-corrected chi connectivity index (χ3v) is 3.51. The number of hydrogen-bond donors (Lipinski definition) is 3. The van der Waals surface area contributed by atoms with E-state index in [1.165, 1.54) is 0 Å². The molecule has 0 aliphatic heterocycles. The van der Waals surface area contributed by atoms with Gasteiger partial charge in [0.15, 0.2) is 0 Å². The molecule has 0 unspecified atom stereocenters. The maximum absolute atomic E-state index is 12.0. The van der Waals surface area contributed by atoms with Gasteiger partial charge in [-0.15, -0.1) is 0 Å². The highest BCUT2D eigenvalue weighted by molar-refractivity contribution is 5.78. The number of aromatic amines is 2. The van der Waals surface area contributed by atoms with E-state index in [0.29, 0.717) is 23.3 Å². The lowest BCUT2D eigenvalue weighted by Gasteiger charge is -2.06. The van der Waals surface area contributed by atoms with Gasteiger partial charge in [0.1, 0.15) is 17.3 Å². The Hall–Kier alpha value is -3.15. The Morgan fingerprint density at radius 1 is 1.05 bits per heavy atom. The number of hydrogen-bond acceptors (Lipinski definition) is 4. The van der Waals surface area contributed by atoms with Crippen molar-refractivity contribution < 1.29 is 0 Å². The lowest BCUT2D eigenvalue weighted by Crippen LogP contribution is -2.14. The lowest BCUT2D eigenvalue weighted by atomic mass is 10.2. The van der Waals surface area contributed by atoms with Crippen LogP contribution >= 0.6 is 0 Å². The van der Waals surface area contributed by atoms with Crippen molar-refractivity contribution in [3.05, 3.63) is 64.8 Å². The van der Waals surface area contributed by atoms with Crippen LogP contribution in [0.3, 0.4) is 0 Å². The Morgan fingerprint density at radius 3 is 2.91 bits per heavy atom. The van der Waals surface area contributed by atoms with Crippen LogP contribution in [0.15, 0.2) is 53.5 Å². The highest BCUT2D eigenvalue weighted by atomic mass is 16.1. The molecule has 0 aliphatic carbocycles. The van der Waals surface area contributed by atoms with Crippen molar-refractivity contribution in [2.75, 3.05) is 5.32 Å². The summed E-state index contributed by atoms with van der Waals surface area (Å²) in [7, 11) is 0. The molecular weight excluding hydrogens is 278 g/mol. The van der Waals surface area contributed by atoms with Crippen molar-refractivity contribution in [1.82, 2.24) is 19.9 Å². The van der Waals surface area contributed by atoms with Crippen LogP contribution in [-0.2, 0) is 6.54 Å². The topological polar surface area (TPSA) is 86.5 Å². The molecule has 108 valence electrons. The average Bonchev–Trinajstić information content (AvgIpc) is 3.00. The van der Waals surface area contributed by atoms with E-state index in [4.69, 9.17) is 0 Å². The zero-order chi connectivity index (χ0) is 14.9. The number of H-pyrrole nitrogens is 2. The quantitative estimate of drug-likeness (QED) is 0.541. The fourth-order valence-electron chi connectivity index (χ4n) is 2.42. The summed E-state index contributed by atoms with van der Waals surface area (Å²) in [4.78, 5) is 26.8. The molecule has 0 aliphatic rings. The first-order valence-electron chi connectivity index (χ1n) is 6.95. The third-order valence-electron chi connectivity index (χ3n) is 3.51. The molecule has 0 saturated carbocycles. The first-order valence-corrected chi connectivity index (χ1v) is 6.95. The number of pyridine rings is 1. The number of nitrogens with zero attached hydrogens (tertiary/aromatic N) is 2. The predicted molar refractivity (Wildman–Crippen MR) is 85.8 cm³/mol. The van der Waals surface area contributed by atoms with Gasteiger partial charge in [0.05, 0.1) is 17.4 Å². The molecule has 0 radical (unpaired) electrons. The second-order valence-corrected chi connectivity index (χ2v) is 5.00. The minimum atomic E-state index is -0.129.